The van der Waals surface area contributed by atoms with Crippen LogP contribution in [0.5, 0.6) is 0 Å². The van der Waals surface area contributed by atoms with Gasteiger partial charge < -0.3 is 0 Å². The van der Waals surface area contributed by atoms with Crippen molar-refractivity contribution >= 4 is 0 Å². The molecule has 11 rings (SSSR count). The molecule has 510 valence electrons. The average molecular weight is 1260 g/mol. The highest BCUT2D eigenvalue weighted by molar-refractivity contribution is 5.37. The molecule has 0 aromatic heterocycles. The molecule has 8 aromatic carbocycles. The van der Waals surface area contributed by atoms with E-state index in [4.69, 9.17) is 0 Å². The quantitative estimate of drug-likeness (QED) is 0.128. The van der Waals surface area contributed by atoms with Crippen molar-refractivity contribution in [2.75, 3.05) is 0 Å². The van der Waals surface area contributed by atoms with Crippen LogP contribution in [0.3, 0.4) is 0 Å². The molecule has 0 atom stereocenters. The first-order chi connectivity index (χ1) is 44.6. The Bertz CT molecular complexity index is 3380. The molecular formula is C94H134. The summed E-state index contributed by atoms with van der Waals surface area (Å²) >= 11 is 0. The van der Waals surface area contributed by atoms with Gasteiger partial charge in [-0.2, -0.15) is 0 Å². The van der Waals surface area contributed by atoms with Crippen LogP contribution in [0.15, 0.2) is 176 Å². The van der Waals surface area contributed by atoms with Crippen LogP contribution in [0.1, 0.15) is 308 Å². The summed E-state index contributed by atoms with van der Waals surface area (Å²) in [7, 11) is 0. The standard InChI is InChI=1S/C14H22.2C13H20.3C12H16.2C9H12/c1-10(2)12-7-11(3)8-13(9-12)14(4,5)6;1-5-13(4,6-2)12-9-7-8-11(3)10-12;1-5-13(4,6-2)12-10-8-7-9-11(12)3;1-10-6-2-5-9-12(10)11-7-3-4-8-11;1-10-5-4-8-12(9-10)11-6-2-3-7-11;1-10-6-8-12(9-7-10)11-4-2-3-5-11;1-7-4-5-8(2)9(3)6-7;1-7-5-4-6-8(2)9(7)3/h7-10H,1-6H3;2*7-10H,5-6H2,1-4H3;2,5-6,9,11H,3-4,7-8H2,1H3;4-5,8-9,11H,2-3,6-7H2,1H3;6-9,11H,2-5H2,1H3;2*4-6H,1-3H3. The molecule has 3 aliphatic carbocycles. The Hall–Kier alpha value is -6.24. The second kappa shape index (κ2) is 40.3. The number of benzene rings is 8. The zero-order valence-corrected chi connectivity index (χ0v) is 64.4. The van der Waals surface area contributed by atoms with E-state index in [-0.39, 0.29) is 5.41 Å². The van der Waals surface area contributed by atoms with E-state index in [9.17, 15) is 0 Å². The van der Waals surface area contributed by atoms with Crippen LogP contribution in [0.25, 0.3) is 0 Å². The van der Waals surface area contributed by atoms with Gasteiger partial charge in [0, 0.05) is 0 Å². The third-order valence-corrected chi connectivity index (χ3v) is 21.6. The lowest BCUT2D eigenvalue weighted by atomic mass is 9.76. The van der Waals surface area contributed by atoms with Gasteiger partial charge >= 0.3 is 0 Å². The summed E-state index contributed by atoms with van der Waals surface area (Å²) in [5.74, 6) is 3.22. The van der Waals surface area contributed by atoms with E-state index >= 15 is 0 Å². The fourth-order valence-corrected chi connectivity index (χ4v) is 13.5. The first kappa shape index (κ1) is 80.2. The van der Waals surface area contributed by atoms with Crippen LogP contribution in [0, 0.1) is 83.1 Å². The van der Waals surface area contributed by atoms with Crippen molar-refractivity contribution in [3.8, 4) is 0 Å². The van der Waals surface area contributed by atoms with Crippen molar-refractivity contribution in [1.82, 2.24) is 0 Å². The highest BCUT2D eigenvalue weighted by Gasteiger charge is 2.24. The molecule has 3 aliphatic rings. The fraction of sp³-hybridized carbons (Fsp3) is 0.489. The smallest absolute Gasteiger partial charge is 0.00779 e. The van der Waals surface area contributed by atoms with Gasteiger partial charge in [-0.15, -0.1) is 0 Å². The van der Waals surface area contributed by atoms with Gasteiger partial charge in [0.25, 0.3) is 0 Å². The molecule has 8 aromatic rings. The molecule has 94 heavy (non-hydrogen) atoms. The third kappa shape index (κ3) is 26.8. The molecule has 0 spiro atoms. The van der Waals surface area contributed by atoms with Crippen LogP contribution < -0.4 is 0 Å². The molecule has 0 heteroatoms. The van der Waals surface area contributed by atoms with E-state index in [1.54, 1.807) is 16.7 Å². The largest absolute Gasteiger partial charge is 0.0645 e. The third-order valence-electron chi connectivity index (χ3n) is 21.6. The fourth-order valence-electron chi connectivity index (χ4n) is 13.5. The van der Waals surface area contributed by atoms with Gasteiger partial charge in [0.05, 0.1) is 0 Å². The van der Waals surface area contributed by atoms with E-state index in [1.165, 1.54) is 192 Å². The van der Waals surface area contributed by atoms with Crippen molar-refractivity contribution < 1.29 is 0 Å². The van der Waals surface area contributed by atoms with Crippen molar-refractivity contribution in [2.45, 2.75) is 302 Å². The molecule has 0 unspecified atom stereocenters. The molecule has 0 N–H and O–H groups in total. The van der Waals surface area contributed by atoms with Gasteiger partial charge in [0.1, 0.15) is 0 Å². The van der Waals surface area contributed by atoms with E-state index < -0.39 is 0 Å². The molecule has 0 saturated heterocycles. The molecule has 3 fully saturated rings. The lowest BCUT2D eigenvalue weighted by Gasteiger charge is -2.29. The van der Waals surface area contributed by atoms with E-state index in [1.807, 2.05) is 0 Å². The molecule has 0 bridgehead atoms. The van der Waals surface area contributed by atoms with Crippen LogP contribution >= 0.6 is 0 Å². The lowest BCUT2D eigenvalue weighted by Crippen LogP contribution is -2.20. The molecule has 0 aliphatic heterocycles. The van der Waals surface area contributed by atoms with E-state index in [2.05, 4.69) is 335 Å². The highest BCUT2D eigenvalue weighted by atomic mass is 14.3. The summed E-state index contributed by atoms with van der Waals surface area (Å²) in [5.41, 5.74) is 28.3. The van der Waals surface area contributed by atoms with Gasteiger partial charge in [-0.1, -0.05) is 318 Å². The summed E-state index contributed by atoms with van der Waals surface area (Å²) in [4.78, 5) is 0. The Morgan fingerprint density at radius 3 is 1.21 bits per heavy atom. The van der Waals surface area contributed by atoms with Crippen molar-refractivity contribution in [3.05, 3.63) is 282 Å². The van der Waals surface area contributed by atoms with Crippen LogP contribution in [-0.2, 0) is 16.2 Å². The zero-order chi connectivity index (χ0) is 69.6. The minimum atomic E-state index is 0.260. The molecule has 0 radical (unpaired) electrons. The monoisotopic (exact) mass is 1260 g/mol. The predicted octanol–water partition coefficient (Wildman–Crippen LogP) is 28.7. The summed E-state index contributed by atoms with van der Waals surface area (Å²) in [6.45, 7) is 51.0. The Balaban J connectivity index is 0.000000230. The maximum absolute atomic E-state index is 2.36. The van der Waals surface area contributed by atoms with Gasteiger partial charge in [-0.25, -0.2) is 0 Å². The Kier molecular flexibility index (Phi) is 34.4. The topological polar surface area (TPSA) is 0 Å². The van der Waals surface area contributed by atoms with Gasteiger partial charge in [0.15, 0.2) is 0 Å². The second-order valence-corrected chi connectivity index (χ2v) is 30.5. The Morgan fingerprint density at radius 2 is 0.755 bits per heavy atom. The van der Waals surface area contributed by atoms with E-state index in [0.29, 0.717) is 16.7 Å². The summed E-state index contributed by atoms with van der Waals surface area (Å²) in [6.07, 6.45) is 21.9. The van der Waals surface area contributed by atoms with Gasteiger partial charge in [-0.3, -0.25) is 0 Å². The van der Waals surface area contributed by atoms with Gasteiger partial charge in [-0.05, 0) is 265 Å². The summed E-state index contributed by atoms with van der Waals surface area (Å²) in [5, 5.41) is 0. The van der Waals surface area contributed by atoms with Crippen LogP contribution in [0.4, 0.5) is 0 Å². The minimum Gasteiger partial charge on any atom is -0.0645 e. The van der Waals surface area contributed by atoms with Crippen LogP contribution in [-0.4, -0.2) is 0 Å². The number of hydrogen-bond donors (Lipinski definition) is 0. The SMILES string of the molecule is CCC(C)(CC)c1cccc(C)c1.CCC(C)(CC)c1ccccc1C.Cc1cc(C(C)C)cc(C(C)(C)C)c1.Cc1ccc(C)c(C)c1.Cc1ccc(C2CCCC2)cc1.Cc1cccc(C)c1C.Cc1cccc(C2CCCC2)c1.Cc1ccccc1C1CCCC1. The number of rotatable bonds is 10. The lowest BCUT2D eigenvalue weighted by molar-refractivity contribution is 0.436. The minimum absolute atomic E-state index is 0.260. The average Bonchev–Trinajstić information content (AvgIpc) is 1.17. The summed E-state index contributed by atoms with van der Waals surface area (Å²) in [6, 6.07) is 64.3. The highest BCUT2D eigenvalue weighted by Crippen LogP contribution is 2.38. The number of aryl methyl sites for hydroxylation is 11. The van der Waals surface area contributed by atoms with Gasteiger partial charge in [0.2, 0.25) is 0 Å². The first-order valence-electron chi connectivity index (χ1n) is 37.1. The molecule has 0 amide bonds. The second-order valence-electron chi connectivity index (χ2n) is 30.5. The van der Waals surface area contributed by atoms with Crippen molar-refractivity contribution in [2.24, 2.45) is 0 Å². The van der Waals surface area contributed by atoms with Crippen molar-refractivity contribution in [1.29, 1.82) is 0 Å². The summed E-state index contributed by atoms with van der Waals surface area (Å²) < 4.78 is 0. The zero-order valence-electron chi connectivity index (χ0n) is 64.4. The first-order valence-corrected chi connectivity index (χ1v) is 37.1. The van der Waals surface area contributed by atoms with Crippen LogP contribution in [0.2, 0.25) is 0 Å². The molecule has 3 saturated carbocycles. The number of hydrogen-bond acceptors (Lipinski definition) is 0. The van der Waals surface area contributed by atoms with E-state index in [0.717, 1.165) is 17.8 Å². The maximum Gasteiger partial charge on any atom is -0.00779 e. The predicted molar refractivity (Wildman–Crippen MR) is 421 cm³/mol. The molecule has 0 nitrogen and oxygen atoms in total. The maximum atomic E-state index is 2.36. The molecule has 0 heterocycles. The van der Waals surface area contributed by atoms with Crippen molar-refractivity contribution in [3.63, 3.8) is 0 Å². The Labute approximate surface area is 580 Å². The normalized spacial score (nSPS) is 14.0. The molecular weight excluding hydrogens is 1130 g/mol. The Morgan fingerprint density at radius 1 is 0.319 bits per heavy atom.